The molecule has 0 spiro atoms. The predicted octanol–water partition coefficient (Wildman–Crippen LogP) is 1.46. The molecule has 1 aliphatic rings. The summed E-state index contributed by atoms with van der Waals surface area (Å²) in [6.45, 7) is 2.25. The summed E-state index contributed by atoms with van der Waals surface area (Å²) >= 11 is 0. The van der Waals surface area contributed by atoms with Gasteiger partial charge < -0.3 is 16.3 Å². The number of nitrogens with one attached hydrogen (secondary N) is 1. The molecule has 5 nitrogen and oxygen atoms in total. The van der Waals surface area contributed by atoms with E-state index in [0.29, 0.717) is 18.9 Å². The van der Waals surface area contributed by atoms with Gasteiger partial charge in [0.25, 0.3) is 0 Å². The Morgan fingerprint density at radius 3 is 2.71 bits per heavy atom. The summed E-state index contributed by atoms with van der Waals surface area (Å²) in [5.74, 6) is 0.649. The molecule has 1 rings (SSSR count). The van der Waals surface area contributed by atoms with E-state index >= 15 is 0 Å². The Balaban J connectivity index is 2.20. The van der Waals surface area contributed by atoms with E-state index in [4.69, 9.17) is 10.9 Å². The number of hydrogen-bond acceptors (Lipinski definition) is 3. The van der Waals surface area contributed by atoms with E-state index in [2.05, 4.69) is 10.5 Å². The molecule has 1 amide bonds. The number of amidine groups is 1. The molecule has 1 aliphatic carbocycles. The van der Waals surface area contributed by atoms with Crippen LogP contribution in [0.3, 0.4) is 0 Å². The maximum absolute atomic E-state index is 11.7. The molecule has 4 N–H and O–H groups in total. The Kier molecular flexibility index (Phi) is 5.80. The first kappa shape index (κ1) is 13.8. The fraction of sp³-hybridized carbons (Fsp3) is 0.833. The van der Waals surface area contributed by atoms with Crippen LogP contribution in [-0.4, -0.2) is 23.5 Å². The lowest BCUT2D eigenvalue weighted by molar-refractivity contribution is -0.122. The topological polar surface area (TPSA) is 87.7 Å². The minimum Gasteiger partial charge on any atom is -0.409 e. The van der Waals surface area contributed by atoms with Crippen LogP contribution in [-0.2, 0) is 4.79 Å². The Bertz CT molecular complexity index is 273. The van der Waals surface area contributed by atoms with Crippen molar-refractivity contribution in [1.29, 1.82) is 0 Å². The number of rotatable bonds is 5. The number of hydrogen-bond donors (Lipinski definition) is 3. The molecule has 0 aromatic rings. The maximum Gasteiger partial charge on any atom is 0.220 e. The Labute approximate surface area is 102 Å². The molecule has 0 aromatic carbocycles. The average Bonchev–Trinajstić information content (AvgIpc) is 2.36. The molecular formula is C12H23N3O2. The highest BCUT2D eigenvalue weighted by Gasteiger charge is 2.17. The standard InChI is InChI=1S/C12H23N3O2/c1-9(12(13)15-17)8-14-11(16)7-10-5-3-2-4-6-10/h9-10,17H,2-8H2,1H3,(H2,13,15)(H,14,16). The molecule has 5 heteroatoms. The van der Waals surface area contributed by atoms with Crippen LogP contribution in [0.25, 0.3) is 0 Å². The summed E-state index contributed by atoms with van der Waals surface area (Å²) in [4.78, 5) is 11.7. The minimum absolute atomic E-state index is 0.0782. The van der Waals surface area contributed by atoms with Crippen LogP contribution >= 0.6 is 0 Å². The van der Waals surface area contributed by atoms with Crippen LogP contribution in [0.15, 0.2) is 5.16 Å². The number of nitrogens with zero attached hydrogens (tertiary/aromatic N) is 1. The minimum atomic E-state index is -0.129. The molecule has 17 heavy (non-hydrogen) atoms. The van der Waals surface area contributed by atoms with Gasteiger partial charge in [-0.1, -0.05) is 31.3 Å². The largest absolute Gasteiger partial charge is 0.409 e. The second-order valence-corrected chi connectivity index (χ2v) is 4.94. The monoisotopic (exact) mass is 241 g/mol. The second kappa shape index (κ2) is 7.14. The second-order valence-electron chi connectivity index (χ2n) is 4.94. The van der Waals surface area contributed by atoms with Gasteiger partial charge in [0.1, 0.15) is 5.84 Å². The van der Waals surface area contributed by atoms with Crippen LogP contribution in [0.4, 0.5) is 0 Å². The average molecular weight is 241 g/mol. The normalized spacial score (nSPS) is 19.9. The van der Waals surface area contributed by atoms with Crippen LogP contribution in [0, 0.1) is 11.8 Å². The number of carbonyl (C=O) groups excluding carboxylic acids is 1. The molecule has 0 radical (unpaired) electrons. The van der Waals surface area contributed by atoms with Crippen molar-refractivity contribution >= 4 is 11.7 Å². The van der Waals surface area contributed by atoms with Gasteiger partial charge in [-0.2, -0.15) is 0 Å². The zero-order valence-electron chi connectivity index (χ0n) is 10.5. The fourth-order valence-corrected chi connectivity index (χ4v) is 2.20. The molecule has 98 valence electrons. The third kappa shape index (κ3) is 5.06. The van der Waals surface area contributed by atoms with E-state index < -0.39 is 0 Å². The van der Waals surface area contributed by atoms with E-state index in [1.165, 1.54) is 32.1 Å². The lowest BCUT2D eigenvalue weighted by Gasteiger charge is -2.21. The van der Waals surface area contributed by atoms with Crippen LogP contribution < -0.4 is 11.1 Å². The quantitative estimate of drug-likeness (QED) is 0.295. The Morgan fingerprint density at radius 1 is 1.47 bits per heavy atom. The zero-order chi connectivity index (χ0) is 12.7. The number of carbonyl (C=O) groups is 1. The van der Waals surface area contributed by atoms with Gasteiger partial charge in [0.2, 0.25) is 5.91 Å². The van der Waals surface area contributed by atoms with Gasteiger partial charge in [0.05, 0.1) is 0 Å². The van der Waals surface area contributed by atoms with Crippen LogP contribution in [0.2, 0.25) is 0 Å². The van der Waals surface area contributed by atoms with Gasteiger partial charge in [-0.25, -0.2) is 0 Å². The lowest BCUT2D eigenvalue weighted by Crippen LogP contribution is -2.35. The first-order valence-corrected chi connectivity index (χ1v) is 6.37. The molecule has 0 aliphatic heterocycles. The van der Waals surface area contributed by atoms with Gasteiger partial charge in [-0.05, 0) is 18.8 Å². The van der Waals surface area contributed by atoms with Gasteiger partial charge >= 0.3 is 0 Å². The van der Waals surface area contributed by atoms with E-state index in [9.17, 15) is 4.79 Å². The summed E-state index contributed by atoms with van der Waals surface area (Å²) in [5, 5.41) is 14.2. The molecule has 1 saturated carbocycles. The predicted molar refractivity (Wildman–Crippen MR) is 66.8 cm³/mol. The third-order valence-corrected chi connectivity index (χ3v) is 3.42. The van der Waals surface area contributed by atoms with Crippen molar-refractivity contribution in [2.45, 2.75) is 45.4 Å². The summed E-state index contributed by atoms with van der Waals surface area (Å²) in [6, 6.07) is 0. The molecule has 1 atom stereocenters. The molecule has 1 unspecified atom stereocenters. The summed E-state index contributed by atoms with van der Waals surface area (Å²) in [6.07, 6.45) is 6.75. The molecule has 0 aromatic heterocycles. The van der Waals surface area contributed by atoms with Crippen molar-refractivity contribution in [2.75, 3.05) is 6.54 Å². The van der Waals surface area contributed by atoms with Gasteiger partial charge in [-0.15, -0.1) is 0 Å². The zero-order valence-corrected chi connectivity index (χ0v) is 10.5. The van der Waals surface area contributed by atoms with Gasteiger partial charge in [-0.3, -0.25) is 4.79 Å². The van der Waals surface area contributed by atoms with Crippen molar-refractivity contribution in [3.8, 4) is 0 Å². The number of nitrogens with two attached hydrogens (primary N) is 1. The molecule has 0 bridgehead atoms. The van der Waals surface area contributed by atoms with Gasteiger partial charge in [0.15, 0.2) is 0 Å². The van der Waals surface area contributed by atoms with Crippen molar-refractivity contribution in [3.63, 3.8) is 0 Å². The van der Waals surface area contributed by atoms with Crippen molar-refractivity contribution in [2.24, 2.45) is 22.7 Å². The Hall–Kier alpha value is -1.26. The van der Waals surface area contributed by atoms with E-state index in [0.717, 1.165) is 0 Å². The number of oxime groups is 1. The third-order valence-electron chi connectivity index (χ3n) is 3.42. The van der Waals surface area contributed by atoms with E-state index in [-0.39, 0.29) is 17.7 Å². The first-order valence-electron chi connectivity index (χ1n) is 6.37. The highest BCUT2D eigenvalue weighted by atomic mass is 16.4. The lowest BCUT2D eigenvalue weighted by atomic mass is 9.87. The smallest absolute Gasteiger partial charge is 0.220 e. The molecule has 0 saturated heterocycles. The molecule has 0 heterocycles. The SMILES string of the molecule is CC(CNC(=O)CC1CCCCC1)C(N)=NO. The summed E-state index contributed by atoms with van der Waals surface area (Å²) in [5.41, 5.74) is 5.44. The van der Waals surface area contributed by atoms with Crippen molar-refractivity contribution in [3.05, 3.63) is 0 Å². The summed E-state index contributed by atoms with van der Waals surface area (Å²) in [7, 11) is 0. The highest BCUT2D eigenvalue weighted by Crippen LogP contribution is 2.25. The summed E-state index contributed by atoms with van der Waals surface area (Å²) < 4.78 is 0. The fourth-order valence-electron chi connectivity index (χ4n) is 2.20. The first-order chi connectivity index (χ1) is 8.13. The maximum atomic E-state index is 11.7. The van der Waals surface area contributed by atoms with Crippen LogP contribution in [0.5, 0.6) is 0 Å². The molecular weight excluding hydrogens is 218 g/mol. The van der Waals surface area contributed by atoms with E-state index in [1.807, 2.05) is 6.92 Å². The highest BCUT2D eigenvalue weighted by molar-refractivity contribution is 5.83. The van der Waals surface area contributed by atoms with Crippen LogP contribution in [0.1, 0.15) is 45.4 Å². The van der Waals surface area contributed by atoms with Gasteiger partial charge in [0, 0.05) is 18.9 Å². The van der Waals surface area contributed by atoms with Crippen molar-refractivity contribution in [1.82, 2.24) is 5.32 Å². The Morgan fingerprint density at radius 2 is 2.12 bits per heavy atom. The molecule has 1 fully saturated rings. The van der Waals surface area contributed by atoms with Crippen molar-refractivity contribution < 1.29 is 10.0 Å². The number of amides is 1. The van der Waals surface area contributed by atoms with E-state index in [1.54, 1.807) is 0 Å².